The molecule has 1 heterocycles. The van der Waals surface area contributed by atoms with Crippen LogP contribution in [0.3, 0.4) is 0 Å². The highest BCUT2D eigenvalue weighted by molar-refractivity contribution is 5.85. The van der Waals surface area contributed by atoms with Gasteiger partial charge in [0.25, 0.3) is 0 Å². The van der Waals surface area contributed by atoms with Gasteiger partial charge in [-0.2, -0.15) is 0 Å². The van der Waals surface area contributed by atoms with E-state index in [0.29, 0.717) is 11.8 Å². The molecule has 1 spiro atoms. The molecule has 16 heavy (non-hydrogen) atoms. The van der Waals surface area contributed by atoms with E-state index in [1.54, 1.807) is 0 Å². The fourth-order valence-corrected chi connectivity index (χ4v) is 3.29. The van der Waals surface area contributed by atoms with E-state index in [0.717, 1.165) is 25.7 Å². The molecule has 1 aliphatic heterocycles. The fourth-order valence-electron chi connectivity index (χ4n) is 3.29. The molecule has 0 aromatic carbocycles. The largest absolute Gasteiger partial charge is 0.467 e. The first-order chi connectivity index (χ1) is 7.46. The van der Waals surface area contributed by atoms with Crippen LogP contribution in [0.4, 0.5) is 0 Å². The lowest BCUT2D eigenvalue weighted by atomic mass is 9.84. The van der Waals surface area contributed by atoms with Gasteiger partial charge in [-0.25, -0.2) is 4.79 Å². The zero-order valence-corrected chi connectivity index (χ0v) is 10.7. The number of ether oxygens (including phenoxy) is 2. The number of esters is 1. The third-order valence-electron chi connectivity index (χ3n) is 3.99. The van der Waals surface area contributed by atoms with E-state index in [9.17, 15) is 4.79 Å². The maximum atomic E-state index is 12.0. The van der Waals surface area contributed by atoms with Gasteiger partial charge in [-0.1, -0.05) is 20.8 Å². The van der Waals surface area contributed by atoms with Crippen LogP contribution in [-0.4, -0.2) is 24.3 Å². The molecule has 1 saturated heterocycles. The van der Waals surface area contributed by atoms with Crippen molar-refractivity contribution in [2.24, 2.45) is 11.8 Å². The molecule has 1 aliphatic carbocycles. The highest BCUT2D eigenvalue weighted by Crippen LogP contribution is 2.62. The van der Waals surface area contributed by atoms with Crippen LogP contribution in [0.1, 0.15) is 46.5 Å². The summed E-state index contributed by atoms with van der Waals surface area (Å²) in [5.41, 5.74) is -0.815. The zero-order chi connectivity index (χ0) is 12.0. The fraction of sp³-hybridized carbons (Fsp3) is 0.923. The Bertz CT molecular complexity index is 300. The number of hydrogen-bond acceptors (Lipinski definition) is 3. The van der Waals surface area contributed by atoms with Gasteiger partial charge >= 0.3 is 5.97 Å². The average molecular weight is 226 g/mol. The third-order valence-corrected chi connectivity index (χ3v) is 3.99. The van der Waals surface area contributed by atoms with Crippen LogP contribution in [-0.2, 0) is 14.3 Å². The summed E-state index contributed by atoms with van der Waals surface area (Å²) >= 11 is 0. The Morgan fingerprint density at radius 1 is 1.56 bits per heavy atom. The highest BCUT2D eigenvalue weighted by Gasteiger charge is 2.76. The van der Waals surface area contributed by atoms with Gasteiger partial charge < -0.3 is 9.47 Å². The van der Waals surface area contributed by atoms with Crippen LogP contribution in [0, 0.1) is 11.8 Å². The van der Waals surface area contributed by atoms with Crippen molar-refractivity contribution >= 4 is 5.97 Å². The predicted molar refractivity (Wildman–Crippen MR) is 61.0 cm³/mol. The first-order valence-corrected chi connectivity index (χ1v) is 6.24. The van der Waals surface area contributed by atoms with E-state index < -0.39 is 5.60 Å². The Labute approximate surface area is 97.5 Å². The summed E-state index contributed by atoms with van der Waals surface area (Å²) < 4.78 is 10.8. The van der Waals surface area contributed by atoms with Crippen molar-refractivity contribution in [3.63, 3.8) is 0 Å². The minimum atomic E-state index is -0.624. The molecule has 0 amide bonds. The summed E-state index contributed by atoms with van der Waals surface area (Å²) in [4.78, 5) is 12.0. The lowest BCUT2D eigenvalue weighted by Crippen LogP contribution is -2.35. The van der Waals surface area contributed by atoms with Crippen molar-refractivity contribution in [1.82, 2.24) is 0 Å². The summed E-state index contributed by atoms with van der Waals surface area (Å²) in [5.74, 6) is 0.948. The first-order valence-electron chi connectivity index (χ1n) is 6.24. The van der Waals surface area contributed by atoms with E-state index in [2.05, 4.69) is 20.8 Å². The predicted octanol–water partition coefficient (Wildman–Crippen LogP) is 2.53. The van der Waals surface area contributed by atoms with Crippen LogP contribution < -0.4 is 0 Å². The Kier molecular flexibility index (Phi) is 2.77. The second-order valence-corrected chi connectivity index (χ2v) is 5.86. The van der Waals surface area contributed by atoms with Crippen molar-refractivity contribution in [3.8, 4) is 0 Å². The van der Waals surface area contributed by atoms with E-state index in [1.807, 2.05) is 0 Å². The Morgan fingerprint density at radius 3 is 2.69 bits per heavy atom. The van der Waals surface area contributed by atoms with Gasteiger partial charge in [-0.15, -0.1) is 0 Å². The normalized spacial score (nSPS) is 41.7. The molecule has 3 heteroatoms. The topological polar surface area (TPSA) is 38.8 Å². The van der Waals surface area contributed by atoms with Gasteiger partial charge in [0.1, 0.15) is 5.60 Å². The lowest BCUT2D eigenvalue weighted by Gasteiger charge is -2.16. The molecule has 92 valence electrons. The molecule has 0 bridgehead atoms. The number of methoxy groups -OCH3 is 1. The molecular formula is C13H22O3. The molecule has 3 unspecified atom stereocenters. The minimum Gasteiger partial charge on any atom is -0.467 e. The molecule has 2 aliphatic rings. The number of carbonyl (C=O) groups is 1. The molecule has 2 rings (SSSR count). The SMILES string of the molecule is COC(=O)C1(CC(C)C)OC12CCC(C)C2. The summed E-state index contributed by atoms with van der Waals surface area (Å²) in [7, 11) is 1.46. The van der Waals surface area contributed by atoms with Gasteiger partial charge in [0.15, 0.2) is 5.60 Å². The molecule has 0 aromatic rings. The van der Waals surface area contributed by atoms with Gasteiger partial charge in [-0.3, -0.25) is 0 Å². The molecule has 0 aromatic heterocycles. The van der Waals surface area contributed by atoms with E-state index in [1.165, 1.54) is 7.11 Å². The van der Waals surface area contributed by atoms with E-state index in [-0.39, 0.29) is 11.6 Å². The Morgan fingerprint density at radius 2 is 2.25 bits per heavy atom. The van der Waals surface area contributed by atoms with Crippen molar-refractivity contribution in [2.45, 2.75) is 57.7 Å². The number of carbonyl (C=O) groups excluding carboxylic acids is 1. The van der Waals surface area contributed by atoms with Crippen LogP contribution >= 0.6 is 0 Å². The molecular weight excluding hydrogens is 204 g/mol. The maximum Gasteiger partial charge on any atom is 0.341 e. The van der Waals surface area contributed by atoms with Crippen LogP contribution in [0.25, 0.3) is 0 Å². The molecule has 2 fully saturated rings. The quantitative estimate of drug-likeness (QED) is 0.548. The van der Waals surface area contributed by atoms with Gasteiger partial charge in [-0.05, 0) is 37.5 Å². The van der Waals surface area contributed by atoms with Gasteiger partial charge in [0, 0.05) is 0 Å². The number of hydrogen-bond donors (Lipinski definition) is 0. The lowest BCUT2D eigenvalue weighted by molar-refractivity contribution is -0.147. The molecule has 0 radical (unpaired) electrons. The zero-order valence-electron chi connectivity index (χ0n) is 10.7. The van der Waals surface area contributed by atoms with Crippen molar-refractivity contribution in [1.29, 1.82) is 0 Å². The summed E-state index contributed by atoms with van der Waals surface area (Å²) in [6, 6.07) is 0. The Hall–Kier alpha value is -0.570. The molecule has 1 saturated carbocycles. The molecule has 3 nitrogen and oxygen atoms in total. The second kappa shape index (κ2) is 3.73. The van der Waals surface area contributed by atoms with Crippen molar-refractivity contribution < 1.29 is 14.3 Å². The minimum absolute atomic E-state index is 0.171. The second-order valence-electron chi connectivity index (χ2n) is 5.86. The number of rotatable bonds is 3. The van der Waals surface area contributed by atoms with Crippen LogP contribution in [0.2, 0.25) is 0 Å². The third kappa shape index (κ3) is 1.56. The average Bonchev–Trinajstić information content (AvgIpc) is 2.63. The summed E-state index contributed by atoms with van der Waals surface area (Å²) in [6.45, 7) is 6.48. The molecule has 0 N–H and O–H groups in total. The van der Waals surface area contributed by atoms with Crippen molar-refractivity contribution in [2.75, 3.05) is 7.11 Å². The summed E-state index contributed by atoms with van der Waals surface area (Å²) in [5, 5.41) is 0. The van der Waals surface area contributed by atoms with Crippen LogP contribution in [0.5, 0.6) is 0 Å². The summed E-state index contributed by atoms with van der Waals surface area (Å²) in [6.07, 6.45) is 3.97. The first kappa shape index (κ1) is 11.9. The highest BCUT2D eigenvalue weighted by atomic mass is 16.7. The monoisotopic (exact) mass is 226 g/mol. The van der Waals surface area contributed by atoms with Crippen molar-refractivity contribution in [3.05, 3.63) is 0 Å². The number of epoxide rings is 1. The smallest absolute Gasteiger partial charge is 0.341 e. The van der Waals surface area contributed by atoms with E-state index >= 15 is 0 Å². The Balaban J connectivity index is 2.17. The van der Waals surface area contributed by atoms with Crippen LogP contribution in [0.15, 0.2) is 0 Å². The van der Waals surface area contributed by atoms with Gasteiger partial charge in [0.05, 0.1) is 7.11 Å². The standard InChI is InChI=1S/C13H22O3/c1-9(2)7-13(11(14)15-4)12(16-13)6-5-10(3)8-12/h9-10H,5-8H2,1-4H3. The van der Waals surface area contributed by atoms with Gasteiger partial charge in [0.2, 0.25) is 0 Å². The molecule has 3 atom stereocenters. The maximum absolute atomic E-state index is 12.0. The van der Waals surface area contributed by atoms with E-state index in [4.69, 9.17) is 9.47 Å².